The van der Waals surface area contributed by atoms with E-state index in [1.165, 1.54) is 18.3 Å². The Balaban J connectivity index is 1.22. The van der Waals surface area contributed by atoms with Crippen molar-refractivity contribution in [3.8, 4) is 5.75 Å². The Morgan fingerprint density at radius 3 is 2.63 bits per heavy atom. The quantitative estimate of drug-likeness (QED) is 0.185. The zero-order valence-electron chi connectivity index (χ0n) is 18.4. The van der Waals surface area contributed by atoms with E-state index in [0.717, 1.165) is 27.3 Å². The van der Waals surface area contributed by atoms with Gasteiger partial charge in [0.1, 0.15) is 17.9 Å². The molecule has 0 unspecified atom stereocenters. The number of fused-ring (bicyclic) bond motifs is 3. The first-order valence-electron chi connectivity index (χ1n) is 10.8. The van der Waals surface area contributed by atoms with Crippen molar-refractivity contribution in [2.24, 2.45) is 5.10 Å². The van der Waals surface area contributed by atoms with Gasteiger partial charge in [0.25, 0.3) is 5.69 Å². The van der Waals surface area contributed by atoms with E-state index in [1.54, 1.807) is 36.4 Å². The molecule has 0 aliphatic heterocycles. The third-order valence-electron chi connectivity index (χ3n) is 5.44. The minimum Gasteiger partial charge on any atom is -0.489 e. The van der Waals surface area contributed by atoms with Gasteiger partial charge >= 0.3 is 5.91 Å². The highest BCUT2D eigenvalue weighted by atomic mass is 16.6. The second kappa shape index (κ2) is 9.48. The number of hydrogen-bond donors (Lipinski definition) is 1. The van der Waals surface area contributed by atoms with Gasteiger partial charge in [-0.2, -0.15) is 5.10 Å². The van der Waals surface area contributed by atoms with Gasteiger partial charge in [-0.25, -0.2) is 5.43 Å². The van der Waals surface area contributed by atoms with Gasteiger partial charge in [0.2, 0.25) is 0 Å². The SMILES string of the molecule is O=C(NN=Cc1cccc(OCc2ccc([N+](=O)[O-])cc2)c1)c1cc2c(ccc3ccccc32)o1. The van der Waals surface area contributed by atoms with Crippen molar-refractivity contribution in [1.82, 2.24) is 5.43 Å². The number of rotatable bonds is 7. The highest BCUT2D eigenvalue weighted by Gasteiger charge is 2.13. The summed E-state index contributed by atoms with van der Waals surface area (Å²) < 4.78 is 11.5. The second-order valence-corrected chi connectivity index (χ2v) is 7.79. The molecule has 1 amide bonds. The number of carbonyl (C=O) groups excluding carboxylic acids is 1. The number of hydrogen-bond acceptors (Lipinski definition) is 6. The van der Waals surface area contributed by atoms with Crippen LogP contribution in [0.15, 0.2) is 101 Å². The molecule has 1 heterocycles. The first kappa shape index (κ1) is 21.8. The number of hydrazone groups is 1. The van der Waals surface area contributed by atoms with Gasteiger partial charge in [-0.15, -0.1) is 0 Å². The third-order valence-corrected chi connectivity index (χ3v) is 5.44. The van der Waals surface area contributed by atoms with Crippen molar-refractivity contribution >= 4 is 39.6 Å². The Hall–Kier alpha value is -4.98. The lowest BCUT2D eigenvalue weighted by atomic mass is 10.1. The fourth-order valence-corrected chi connectivity index (χ4v) is 3.69. The predicted octanol–water partition coefficient (Wildman–Crippen LogP) is 5.84. The molecule has 8 heteroatoms. The van der Waals surface area contributed by atoms with E-state index in [9.17, 15) is 14.9 Å². The van der Waals surface area contributed by atoms with E-state index in [2.05, 4.69) is 10.5 Å². The van der Waals surface area contributed by atoms with Crippen molar-refractivity contribution in [3.63, 3.8) is 0 Å². The molecule has 0 saturated carbocycles. The van der Waals surface area contributed by atoms with Crippen LogP contribution in [0.25, 0.3) is 21.7 Å². The van der Waals surface area contributed by atoms with Crippen LogP contribution in [-0.4, -0.2) is 17.0 Å². The number of ether oxygens (including phenoxy) is 1. The van der Waals surface area contributed by atoms with Crippen molar-refractivity contribution < 1.29 is 18.9 Å². The molecule has 4 aromatic carbocycles. The van der Waals surface area contributed by atoms with Crippen molar-refractivity contribution in [3.05, 3.63) is 118 Å². The van der Waals surface area contributed by atoms with Gasteiger partial charge in [-0.3, -0.25) is 14.9 Å². The van der Waals surface area contributed by atoms with E-state index in [4.69, 9.17) is 9.15 Å². The van der Waals surface area contributed by atoms with E-state index >= 15 is 0 Å². The number of non-ortho nitro benzene ring substituents is 1. The van der Waals surface area contributed by atoms with Gasteiger partial charge in [0.15, 0.2) is 5.76 Å². The van der Waals surface area contributed by atoms with Crippen molar-refractivity contribution in [2.45, 2.75) is 6.61 Å². The van der Waals surface area contributed by atoms with Crippen LogP contribution < -0.4 is 10.2 Å². The zero-order chi connectivity index (χ0) is 24.2. The normalized spacial score (nSPS) is 11.2. The molecule has 1 N–H and O–H groups in total. The van der Waals surface area contributed by atoms with Crippen molar-refractivity contribution in [2.75, 3.05) is 0 Å². The maximum Gasteiger partial charge on any atom is 0.307 e. The summed E-state index contributed by atoms with van der Waals surface area (Å²) in [4.78, 5) is 22.9. The number of furan rings is 1. The van der Waals surface area contributed by atoms with Crippen molar-refractivity contribution in [1.29, 1.82) is 0 Å². The lowest BCUT2D eigenvalue weighted by molar-refractivity contribution is -0.384. The van der Waals surface area contributed by atoms with Crippen LogP contribution in [0.4, 0.5) is 5.69 Å². The van der Waals surface area contributed by atoms with Crippen LogP contribution in [0.1, 0.15) is 21.7 Å². The number of nitro groups is 1. The molecule has 0 fully saturated rings. The lowest BCUT2D eigenvalue weighted by Gasteiger charge is -2.07. The molecule has 0 radical (unpaired) electrons. The topological polar surface area (TPSA) is 107 Å². The molecule has 172 valence electrons. The molecule has 35 heavy (non-hydrogen) atoms. The standard InChI is InChI=1S/C27H19N3O5/c31-27(26-15-24-23-7-2-1-5-20(23)10-13-25(24)35-26)29-28-16-19-4-3-6-22(14-19)34-17-18-8-11-21(12-9-18)30(32)33/h1-16H,17H2,(H,29,31). The third kappa shape index (κ3) is 4.86. The summed E-state index contributed by atoms with van der Waals surface area (Å²) in [6, 6.07) is 26.8. The Kier molecular flexibility index (Phi) is 5.92. The monoisotopic (exact) mass is 465 g/mol. The number of benzene rings is 4. The van der Waals surface area contributed by atoms with Gasteiger partial charge in [-0.05, 0) is 58.3 Å². The first-order chi connectivity index (χ1) is 17.1. The fourth-order valence-electron chi connectivity index (χ4n) is 3.69. The summed E-state index contributed by atoms with van der Waals surface area (Å²) in [5.41, 5.74) is 4.69. The van der Waals surface area contributed by atoms with E-state index < -0.39 is 10.8 Å². The summed E-state index contributed by atoms with van der Waals surface area (Å²) in [5.74, 6) is 0.323. The Bertz CT molecular complexity index is 1570. The average Bonchev–Trinajstić information content (AvgIpc) is 3.33. The van der Waals surface area contributed by atoms with Gasteiger partial charge in [0.05, 0.1) is 11.1 Å². The largest absolute Gasteiger partial charge is 0.489 e. The van der Waals surface area contributed by atoms with Gasteiger partial charge in [0, 0.05) is 17.5 Å². The maximum absolute atomic E-state index is 12.5. The molecule has 0 aliphatic rings. The predicted molar refractivity (Wildman–Crippen MR) is 133 cm³/mol. The summed E-state index contributed by atoms with van der Waals surface area (Å²) in [7, 11) is 0. The van der Waals surface area contributed by atoms with Gasteiger partial charge < -0.3 is 9.15 Å². The van der Waals surface area contributed by atoms with Crippen LogP contribution in [0, 0.1) is 10.1 Å². The second-order valence-electron chi connectivity index (χ2n) is 7.79. The molecule has 0 spiro atoms. The molecular formula is C27H19N3O5. The number of nitrogens with zero attached hydrogens (tertiary/aromatic N) is 2. The summed E-state index contributed by atoms with van der Waals surface area (Å²) in [6.07, 6.45) is 1.51. The number of amides is 1. The molecule has 1 aromatic heterocycles. The Morgan fingerprint density at radius 1 is 0.971 bits per heavy atom. The minimum absolute atomic E-state index is 0.0324. The molecule has 5 aromatic rings. The lowest BCUT2D eigenvalue weighted by Crippen LogP contribution is -2.16. The molecule has 0 atom stereocenters. The molecule has 8 nitrogen and oxygen atoms in total. The number of nitrogens with one attached hydrogen (secondary N) is 1. The first-order valence-corrected chi connectivity index (χ1v) is 10.8. The van der Waals surface area contributed by atoms with E-state index in [-0.39, 0.29) is 18.1 Å². The minimum atomic E-state index is -0.452. The molecule has 0 saturated heterocycles. The number of nitro benzene ring substituents is 1. The zero-order valence-corrected chi connectivity index (χ0v) is 18.4. The van der Waals surface area contributed by atoms with Gasteiger partial charge in [-0.1, -0.05) is 42.5 Å². The van der Waals surface area contributed by atoms with Crippen LogP contribution >= 0.6 is 0 Å². The summed E-state index contributed by atoms with van der Waals surface area (Å²) >= 11 is 0. The Labute approximate surface area is 199 Å². The summed E-state index contributed by atoms with van der Waals surface area (Å²) in [5, 5.41) is 17.7. The summed E-state index contributed by atoms with van der Waals surface area (Å²) in [6.45, 7) is 0.260. The molecule has 0 aliphatic carbocycles. The molecule has 0 bridgehead atoms. The number of carbonyl (C=O) groups is 1. The van der Waals surface area contributed by atoms with E-state index in [0.29, 0.717) is 11.3 Å². The van der Waals surface area contributed by atoms with Crippen LogP contribution in [0.3, 0.4) is 0 Å². The highest BCUT2D eigenvalue weighted by molar-refractivity contribution is 6.08. The van der Waals surface area contributed by atoms with Crippen LogP contribution in [0.5, 0.6) is 5.75 Å². The highest BCUT2D eigenvalue weighted by Crippen LogP contribution is 2.28. The molecular weight excluding hydrogens is 446 g/mol. The smallest absolute Gasteiger partial charge is 0.307 e. The van der Waals surface area contributed by atoms with Crippen LogP contribution in [0.2, 0.25) is 0 Å². The van der Waals surface area contributed by atoms with Crippen LogP contribution in [-0.2, 0) is 6.61 Å². The van der Waals surface area contributed by atoms with E-state index in [1.807, 2.05) is 42.5 Å². The Morgan fingerprint density at radius 2 is 1.80 bits per heavy atom. The fraction of sp³-hybridized carbons (Fsp3) is 0.0370. The molecule has 5 rings (SSSR count). The average molecular weight is 465 g/mol. The maximum atomic E-state index is 12.5.